The highest BCUT2D eigenvalue weighted by Gasteiger charge is 2.47. The normalized spacial score (nSPS) is 30.6. The Morgan fingerprint density at radius 1 is 1.42 bits per heavy atom. The number of rotatable bonds is 5. The van der Waals surface area contributed by atoms with E-state index in [-0.39, 0.29) is 49.3 Å². The van der Waals surface area contributed by atoms with E-state index < -0.39 is 6.10 Å². The molecule has 2 aliphatic rings. The van der Waals surface area contributed by atoms with Crippen LogP contribution in [0.25, 0.3) is 0 Å². The lowest BCUT2D eigenvalue weighted by atomic mass is 10.1. The zero-order valence-corrected chi connectivity index (χ0v) is 14.2. The van der Waals surface area contributed by atoms with Gasteiger partial charge in [-0.15, -0.1) is 0 Å². The van der Waals surface area contributed by atoms with Gasteiger partial charge in [0.2, 0.25) is 5.91 Å². The van der Waals surface area contributed by atoms with Crippen molar-refractivity contribution < 1.29 is 19.4 Å². The minimum absolute atomic E-state index is 0.0348. The van der Waals surface area contributed by atoms with E-state index in [0.717, 1.165) is 0 Å². The lowest BCUT2D eigenvalue weighted by Crippen LogP contribution is -2.45. The van der Waals surface area contributed by atoms with E-state index in [1.54, 1.807) is 11.6 Å². The summed E-state index contributed by atoms with van der Waals surface area (Å²) in [6.45, 7) is 6.36. The average molecular weight is 339 g/mol. The molecule has 24 heavy (non-hydrogen) atoms. The molecular formula is C15H25N5O4. The molecule has 2 fully saturated rings. The first kappa shape index (κ1) is 17.3. The Bertz CT molecular complexity index is 605. The smallest absolute Gasteiger partial charge is 0.242 e. The topological polar surface area (TPSA) is 125 Å². The summed E-state index contributed by atoms with van der Waals surface area (Å²) in [7, 11) is 0. The number of hydrogen-bond acceptors (Lipinski definition) is 7. The maximum atomic E-state index is 12.4. The first-order chi connectivity index (χ1) is 11.4. The van der Waals surface area contributed by atoms with Gasteiger partial charge in [-0.05, 0) is 12.8 Å². The van der Waals surface area contributed by atoms with Gasteiger partial charge >= 0.3 is 0 Å². The molecule has 0 unspecified atom stereocenters. The second-order valence-electron chi connectivity index (χ2n) is 6.78. The van der Waals surface area contributed by atoms with Crippen molar-refractivity contribution in [3.05, 3.63) is 11.6 Å². The van der Waals surface area contributed by atoms with E-state index in [1.807, 2.05) is 13.8 Å². The molecule has 3 rings (SSSR count). The molecule has 3 heterocycles. The number of fused-ring (bicyclic) bond motifs is 1. The van der Waals surface area contributed by atoms with Crippen LogP contribution in [0, 0.1) is 12.8 Å². The number of carbonyl (C=O) groups is 1. The van der Waals surface area contributed by atoms with Crippen molar-refractivity contribution in [2.24, 2.45) is 11.7 Å². The van der Waals surface area contributed by atoms with Gasteiger partial charge in [0.1, 0.15) is 36.5 Å². The van der Waals surface area contributed by atoms with Crippen LogP contribution in [-0.2, 0) is 20.8 Å². The fourth-order valence-corrected chi connectivity index (χ4v) is 3.12. The summed E-state index contributed by atoms with van der Waals surface area (Å²) in [5.41, 5.74) is 6.15. The number of ether oxygens (including phenoxy) is 2. The Labute approximate surface area is 140 Å². The number of nitrogens with one attached hydrogen (secondary N) is 1. The van der Waals surface area contributed by atoms with Crippen LogP contribution in [0.3, 0.4) is 0 Å². The number of nitrogens with two attached hydrogens (primary N) is 1. The number of carbonyl (C=O) groups excluding carboxylic acids is 1. The van der Waals surface area contributed by atoms with Gasteiger partial charge in [0.15, 0.2) is 0 Å². The molecule has 2 saturated heterocycles. The summed E-state index contributed by atoms with van der Waals surface area (Å²) in [6, 6.07) is -0.557. The third kappa shape index (κ3) is 3.30. The minimum atomic E-state index is -0.634. The first-order valence-electron chi connectivity index (χ1n) is 8.24. The molecule has 2 aliphatic heterocycles. The molecule has 0 spiro atoms. The molecule has 1 amide bonds. The van der Waals surface area contributed by atoms with Gasteiger partial charge in [0.05, 0.1) is 25.3 Å². The second-order valence-corrected chi connectivity index (χ2v) is 6.78. The SMILES string of the molecule is Cc1nc([C@@H](N)C(C)C)n(CC(=O)N[C@H]2CO[C@H]3[C@@H]2OC[C@@H]3O)n1. The molecule has 4 N–H and O–H groups in total. The summed E-state index contributed by atoms with van der Waals surface area (Å²) in [4.78, 5) is 16.7. The standard InChI is InChI=1S/C15H25N5O4/c1-7(2)12(16)15-17-8(3)19-20(15)4-11(22)18-9-5-23-14-10(21)6-24-13(9)14/h7,9-10,12-14,21H,4-6,16H2,1-3H3,(H,18,22)/t9-,10-,12-,13+,14+/m0/s1. The van der Waals surface area contributed by atoms with Crippen molar-refractivity contribution in [1.29, 1.82) is 0 Å². The number of aromatic nitrogens is 3. The van der Waals surface area contributed by atoms with E-state index in [9.17, 15) is 9.90 Å². The maximum absolute atomic E-state index is 12.4. The van der Waals surface area contributed by atoms with Crippen LogP contribution in [0.15, 0.2) is 0 Å². The molecule has 0 radical (unpaired) electrons. The molecule has 0 bridgehead atoms. The largest absolute Gasteiger partial charge is 0.388 e. The Kier molecular flexibility index (Phi) is 4.86. The summed E-state index contributed by atoms with van der Waals surface area (Å²) >= 11 is 0. The summed E-state index contributed by atoms with van der Waals surface area (Å²) in [5.74, 6) is 1.16. The predicted molar refractivity (Wildman–Crippen MR) is 83.9 cm³/mol. The van der Waals surface area contributed by atoms with Crippen LogP contribution in [0.5, 0.6) is 0 Å². The molecule has 1 aromatic heterocycles. The summed E-state index contributed by atoms with van der Waals surface area (Å²) in [5, 5.41) is 16.9. The lowest BCUT2D eigenvalue weighted by molar-refractivity contribution is -0.123. The number of aliphatic hydroxyl groups is 1. The molecule has 134 valence electrons. The van der Waals surface area contributed by atoms with E-state index in [0.29, 0.717) is 18.3 Å². The van der Waals surface area contributed by atoms with Crippen LogP contribution < -0.4 is 11.1 Å². The number of hydrogen-bond donors (Lipinski definition) is 3. The van der Waals surface area contributed by atoms with E-state index in [4.69, 9.17) is 15.2 Å². The van der Waals surface area contributed by atoms with Crippen LogP contribution >= 0.6 is 0 Å². The monoisotopic (exact) mass is 339 g/mol. The lowest BCUT2D eigenvalue weighted by Gasteiger charge is -2.19. The maximum Gasteiger partial charge on any atom is 0.242 e. The molecule has 1 aromatic rings. The number of amides is 1. The van der Waals surface area contributed by atoms with Gasteiger partial charge in [-0.25, -0.2) is 9.67 Å². The molecular weight excluding hydrogens is 314 g/mol. The molecule has 0 saturated carbocycles. The Morgan fingerprint density at radius 2 is 2.12 bits per heavy atom. The van der Waals surface area contributed by atoms with Gasteiger partial charge < -0.3 is 25.6 Å². The second kappa shape index (κ2) is 6.75. The Hall–Kier alpha value is -1.55. The molecule has 5 atom stereocenters. The molecule has 0 aromatic carbocycles. The molecule has 9 nitrogen and oxygen atoms in total. The van der Waals surface area contributed by atoms with Gasteiger partial charge in [-0.1, -0.05) is 13.8 Å². The Morgan fingerprint density at radius 3 is 2.83 bits per heavy atom. The van der Waals surface area contributed by atoms with Crippen molar-refractivity contribution >= 4 is 5.91 Å². The minimum Gasteiger partial charge on any atom is -0.388 e. The van der Waals surface area contributed by atoms with Gasteiger partial charge in [0, 0.05) is 0 Å². The van der Waals surface area contributed by atoms with E-state index in [1.165, 1.54) is 0 Å². The highest BCUT2D eigenvalue weighted by Crippen LogP contribution is 2.27. The van der Waals surface area contributed by atoms with E-state index in [2.05, 4.69) is 15.4 Å². The van der Waals surface area contributed by atoms with Crippen LogP contribution in [0.2, 0.25) is 0 Å². The van der Waals surface area contributed by atoms with Gasteiger partial charge in [-0.3, -0.25) is 4.79 Å². The number of nitrogens with zero attached hydrogens (tertiary/aromatic N) is 3. The Balaban J connectivity index is 1.64. The zero-order valence-electron chi connectivity index (χ0n) is 14.2. The highest BCUT2D eigenvalue weighted by molar-refractivity contribution is 5.76. The van der Waals surface area contributed by atoms with Crippen molar-refractivity contribution in [3.63, 3.8) is 0 Å². The summed E-state index contributed by atoms with van der Waals surface area (Å²) < 4.78 is 12.6. The zero-order chi connectivity index (χ0) is 17.4. The highest BCUT2D eigenvalue weighted by atomic mass is 16.6. The molecule has 0 aliphatic carbocycles. The first-order valence-corrected chi connectivity index (χ1v) is 8.24. The van der Waals surface area contributed by atoms with Crippen molar-refractivity contribution in [1.82, 2.24) is 20.1 Å². The molecule has 9 heteroatoms. The third-order valence-corrected chi connectivity index (χ3v) is 4.49. The average Bonchev–Trinajstić information content (AvgIpc) is 3.17. The van der Waals surface area contributed by atoms with Crippen LogP contribution in [-0.4, -0.2) is 63.3 Å². The van der Waals surface area contributed by atoms with Crippen molar-refractivity contribution in [2.45, 2.75) is 57.7 Å². The number of aryl methyl sites for hydroxylation is 1. The fourth-order valence-electron chi connectivity index (χ4n) is 3.12. The van der Waals surface area contributed by atoms with Crippen LogP contribution in [0.1, 0.15) is 31.5 Å². The fraction of sp³-hybridized carbons (Fsp3) is 0.800. The summed E-state index contributed by atoms with van der Waals surface area (Å²) in [6.07, 6.45) is -1.31. The van der Waals surface area contributed by atoms with Gasteiger partial charge in [-0.2, -0.15) is 5.10 Å². The van der Waals surface area contributed by atoms with E-state index >= 15 is 0 Å². The van der Waals surface area contributed by atoms with Crippen molar-refractivity contribution in [2.75, 3.05) is 13.2 Å². The predicted octanol–water partition coefficient (Wildman–Crippen LogP) is -1.11. The number of aliphatic hydroxyl groups excluding tert-OH is 1. The van der Waals surface area contributed by atoms with Crippen LogP contribution in [0.4, 0.5) is 0 Å². The van der Waals surface area contributed by atoms with Gasteiger partial charge in [0.25, 0.3) is 0 Å². The van der Waals surface area contributed by atoms with Crippen molar-refractivity contribution in [3.8, 4) is 0 Å². The quantitative estimate of drug-likeness (QED) is 0.621. The third-order valence-electron chi connectivity index (χ3n) is 4.49.